The molecule has 0 aromatic heterocycles. The fourth-order valence-electron chi connectivity index (χ4n) is 3.62. The smallest absolute Gasteiger partial charge is 0.264 e. The summed E-state index contributed by atoms with van der Waals surface area (Å²) in [5, 5.41) is 5.58. The first-order valence-electron chi connectivity index (χ1n) is 12.0. The van der Waals surface area contributed by atoms with Crippen LogP contribution in [0, 0.1) is 20.8 Å². The lowest BCUT2D eigenvalue weighted by Crippen LogP contribution is -2.38. The van der Waals surface area contributed by atoms with Crippen LogP contribution in [0.2, 0.25) is 0 Å². The Morgan fingerprint density at radius 2 is 1.58 bits per heavy atom. The molecule has 2 amide bonds. The molecular weight excluding hydrogens is 474 g/mol. The number of rotatable bonds is 10. The fraction of sp³-hybridized carbons (Fsp3) is 0.286. The van der Waals surface area contributed by atoms with Crippen molar-refractivity contribution >= 4 is 33.2 Å². The van der Waals surface area contributed by atoms with Gasteiger partial charge in [-0.2, -0.15) is 0 Å². The zero-order valence-corrected chi connectivity index (χ0v) is 22.0. The molecule has 0 aliphatic heterocycles. The van der Waals surface area contributed by atoms with Crippen molar-refractivity contribution in [2.75, 3.05) is 22.7 Å². The number of unbranched alkanes of at least 4 members (excludes halogenated alkanes) is 1. The summed E-state index contributed by atoms with van der Waals surface area (Å²) in [5.41, 5.74) is 3.88. The van der Waals surface area contributed by atoms with E-state index in [0.29, 0.717) is 23.5 Å². The Bertz CT molecular complexity index is 1340. The molecule has 0 saturated carbocycles. The van der Waals surface area contributed by atoms with E-state index in [0.717, 1.165) is 33.8 Å². The molecule has 3 aromatic rings. The lowest BCUT2D eigenvalue weighted by molar-refractivity contribution is -0.114. The van der Waals surface area contributed by atoms with Gasteiger partial charge >= 0.3 is 0 Å². The highest BCUT2D eigenvalue weighted by molar-refractivity contribution is 7.92. The van der Waals surface area contributed by atoms with Crippen LogP contribution in [0.15, 0.2) is 71.6 Å². The highest BCUT2D eigenvalue weighted by atomic mass is 32.2. The van der Waals surface area contributed by atoms with Crippen molar-refractivity contribution in [2.45, 2.75) is 45.4 Å². The molecule has 8 heteroatoms. The Morgan fingerprint density at radius 3 is 2.25 bits per heavy atom. The number of carbonyl (C=O) groups excluding carboxylic acids is 2. The molecule has 0 unspecified atom stereocenters. The van der Waals surface area contributed by atoms with Crippen LogP contribution < -0.4 is 14.9 Å². The van der Waals surface area contributed by atoms with Crippen molar-refractivity contribution < 1.29 is 18.0 Å². The van der Waals surface area contributed by atoms with Gasteiger partial charge in [0.2, 0.25) is 5.91 Å². The van der Waals surface area contributed by atoms with Crippen molar-refractivity contribution in [3.63, 3.8) is 0 Å². The van der Waals surface area contributed by atoms with Crippen LogP contribution in [-0.2, 0) is 14.8 Å². The summed E-state index contributed by atoms with van der Waals surface area (Å²) in [4.78, 5) is 25.9. The molecule has 190 valence electrons. The van der Waals surface area contributed by atoms with E-state index in [4.69, 9.17) is 0 Å². The van der Waals surface area contributed by atoms with Crippen LogP contribution in [0.3, 0.4) is 0 Å². The zero-order valence-electron chi connectivity index (χ0n) is 21.2. The van der Waals surface area contributed by atoms with Gasteiger partial charge in [0, 0.05) is 6.54 Å². The number of aryl methyl sites for hydroxylation is 3. The lowest BCUT2D eigenvalue weighted by Gasteiger charge is -2.25. The van der Waals surface area contributed by atoms with Gasteiger partial charge in [0.15, 0.2) is 0 Å². The number of carbonyl (C=O) groups is 2. The second-order valence-corrected chi connectivity index (χ2v) is 10.7. The number of anilines is 2. The highest BCUT2D eigenvalue weighted by Gasteiger charge is 2.28. The summed E-state index contributed by atoms with van der Waals surface area (Å²) in [6.45, 7) is 7.82. The minimum absolute atomic E-state index is 0.0924. The molecule has 0 atom stereocenters. The van der Waals surface area contributed by atoms with E-state index in [9.17, 15) is 18.0 Å². The van der Waals surface area contributed by atoms with Crippen LogP contribution in [0.1, 0.15) is 46.8 Å². The van der Waals surface area contributed by atoms with Gasteiger partial charge in [-0.25, -0.2) is 8.42 Å². The molecule has 0 radical (unpaired) electrons. The summed E-state index contributed by atoms with van der Waals surface area (Å²) < 4.78 is 28.4. The zero-order chi connectivity index (χ0) is 26.3. The molecule has 0 fully saturated rings. The largest absolute Gasteiger partial charge is 0.352 e. The maximum absolute atomic E-state index is 13.6. The van der Waals surface area contributed by atoms with Crippen molar-refractivity contribution in [2.24, 2.45) is 0 Å². The Balaban J connectivity index is 1.91. The highest BCUT2D eigenvalue weighted by Crippen LogP contribution is 2.26. The maximum Gasteiger partial charge on any atom is 0.264 e. The van der Waals surface area contributed by atoms with E-state index >= 15 is 0 Å². The average molecular weight is 508 g/mol. The lowest BCUT2D eigenvalue weighted by atomic mass is 10.1. The third-order valence-electron chi connectivity index (χ3n) is 5.94. The van der Waals surface area contributed by atoms with E-state index in [1.165, 1.54) is 12.1 Å². The van der Waals surface area contributed by atoms with E-state index in [1.807, 2.05) is 33.8 Å². The van der Waals surface area contributed by atoms with Gasteiger partial charge in [0.1, 0.15) is 6.54 Å². The molecule has 0 spiro atoms. The summed E-state index contributed by atoms with van der Waals surface area (Å²) in [5.74, 6) is -0.852. The van der Waals surface area contributed by atoms with Crippen LogP contribution in [0.25, 0.3) is 0 Å². The number of nitrogens with one attached hydrogen (secondary N) is 2. The van der Waals surface area contributed by atoms with E-state index < -0.39 is 22.5 Å². The first kappa shape index (κ1) is 26.9. The van der Waals surface area contributed by atoms with Gasteiger partial charge in [0.05, 0.1) is 21.8 Å². The topological polar surface area (TPSA) is 95.6 Å². The second-order valence-electron chi connectivity index (χ2n) is 8.80. The number of benzene rings is 3. The molecule has 2 N–H and O–H groups in total. The molecule has 36 heavy (non-hydrogen) atoms. The molecule has 0 heterocycles. The van der Waals surface area contributed by atoms with Crippen LogP contribution in [0.4, 0.5) is 11.4 Å². The molecular formula is C28H33N3O4S. The number of nitrogens with zero attached hydrogens (tertiary/aromatic N) is 1. The summed E-state index contributed by atoms with van der Waals surface area (Å²) >= 11 is 0. The number of para-hydroxylation sites is 1. The normalized spacial score (nSPS) is 11.1. The summed E-state index contributed by atoms with van der Waals surface area (Å²) in [7, 11) is -4.04. The minimum Gasteiger partial charge on any atom is -0.352 e. The number of sulfonamides is 1. The number of hydrogen-bond acceptors (Lipinski definition) is 4. The second kappa shape index (κ2) is 11.9. The molecule has 0 aliphatic rings. The monoisotopic (exact) mass is 507 g/mol. The summed E-state index contributed by atoms with van der Waals surface area (Å²) in [6, 6.07) is 18.5. The van der Waals surface area contributed by atoms with Crippen LogP contribution >= 0.6 is 0 Å². The Labute approximate surface area is 213 Å². The predicted octanol–water partition coefficient (Wildman–Crippen LogP) is 4.98. The van der Waals surface area contributed by atoms with Crippen LogP contribution in [-0.4, -0.2) is 33.3 Å². The number of amides is 2. The Kier molecular flexibility index (Phi) is 8.88. The van der Waals surface area contributed by atoms with E-state index in [2.05, 4.69) is 10.6 Å². The quantitative estimate of drug-likeness (QED) is 0.379. The molecule has 3 rings (SSSR count). The van der Waals surface area contributed by atoms with Gasteiger partial charge < -0.3 is 10.6 Å². The number of hydrogen-bond donors (Lipinski definition) is 2. The van der Waals surface area contributed by atoms with Crippen molar-refractivity contribution in [3.05, 3.63) is 89.0 Å². The van der Waals surface area contributed by atoms with Gasteiger partial charge in [0.25, 0.3) is 15.9 Å². The molecule has 0 saturated heterocycles. The van der Waals surface area contributed by atoms with Gasteiger partial charge in [-0.3, -0.25) is 13.9 Å². The molecule has 0 bridgehead atoms. The van der Waals surface area contributed by atoms with Crippen molar-refractivity contribution in [3.8, 4) is 0 Å². The van der Waals surface area contributed by atoms with Crippen molar-refractivity contribution in [1.29, 1.82) is 0 Å². The van der Waals surface area contributed by atoms with Gasteiger partial charge in [-0.05, 0) is 74.7 Å². The van der Waals surface area contributed by atoms with Crippen LogP contribution in [0.5, 0.6) is 0 Å². The molecule has 7 nitrogen and oxygen atoms in total. The SMILES string of the molecule is CCCCNC(=O)c1ccccc1NC(=O)CN(c1ccc(C)c(C)c1)S(=O)(=O)c1ccc(C)cc1. The molecule has 3 aromatic carbocycles. The van der Waals surface area contributed by atoms with Gasteiger partial charge in [-0.15, -0.1) is 0 Å². The Hall–Kier alpha value is -3.65. The fourth-order valence-corrected chi connectivity index (χ4v) is 5.03. The summed E-state index contributed by atoms with van der Waals surface area (Å²) in [6.07, 6.45) is 1.80. The van der Waals surface area contributed by atoms with Crippen molar-refractivity contribution in [1.82, 2.24) is 5.32 Å². The third kappa shape index (κ3) is 6.51. The maximum atomic E-state index is 13.6. The van der Waals surface area contributed by atoms with Gasteiger partial charge in [-0.1, -0.05) is 49.2 Å². The first-order valence-corrected chi connectivity index (χ1v) is 13.4. The van der Waals surface area contributed by atoms with E-state index in [1.54, 1.807) is 48.5 Å². The standard InChI is InChI=1S/C28H33N3O4S/c1-5-6-17-29-28(33)25-9-7-8-10-26(25)30-27(32)19-31(23-14-13-21(3)22(4)18-23)36(34,35)24-15-11-20(2)12-16-24/h7-16,18H,5-6,17,19H2,1-4H3,(H,29,33)(H,30,32). The third-order valence-corrected chi connectivity index (χ3v) is 7.72. The minimum atomic E-state index is -4.04. The predicted molar refractivity (Wildman–Crippen MR) is 144 cm³/mol. The average Bonchev–Trinajstić information content (AvgIpc) is 2.85. The molecule has 0 aliphatic carbocycles. The first-order chi connectivity index (χ1) is 17.1. The Morgan fingerprint density at radius 1 is 0.889 bits per heavy atom. The van der Waals surface area contributed by atoms with E-state index in [-0.39, 0.29) is 10.8 Å².